The number of para-hydroxylation sites is 1. The fourth-order valence-electron chi connectivity index (χ4n) is 3.99. The third-order valence-corrected chi connectivity index (χ3v) is 7.20. The highest BCUT2D eigenvalue weighted by Crippen LogP contribution is 2.32. The average molecular weight is 497 g/mol. The number of benzene rings is 1. The van der Waals surface area contributed by atoms with Crippen molar-refractivity contribution >= 4 is 50.8 Å². The van der Waals surface area contributed by atoms with Crippen LogP contribution in [0.2, 0.25) is 5.02 Å². The SMILES string of the molecule is Cc1nn(-c2ccccc2Cl)c2sc(C(=O)OCC(=O)c3c[nH]c(C(=O)N4CCCC4)c3)cc12. The van der Waals surface area contributed by atoms with Gasteiger partial charge in [-0.2, -0.15) is 5.10 Å². The lowest BCUT2D eigenvalue weighted by Gasteiger charge is -2.13. The number of amides is 1. The quantitative estimate of drug-likeness (QED) is 0.309. The van der Waals surface area contributed by atoms with Crippen molar-refractivity contribution in [2.24, 2.45) is 0 Å². The van der Waals surface area contributed by atoms with Crippen LogP contribution < -0.4 is 0 Å². The van der Waals surface area contributed by atoms with Crippen LogP contribution in [0.15, 0.2) is 42.6 Å². The van der Waals surface area contributed by atoms with Gasteiger partial charge in [-0.3, -0.25) is 9.59 Å². The van der Waals surface area contributed by atoms with E-state index in [1.165, 1.54) is 23.6 Å². The summed E-state index contributed by atoms with van der Waals surface area (Å²) < 4.78 is 6.99. The zero-order valence-corrected chi connectivity index (χ0v) is 19.9. The highest BCUT2D eigenvalue weighted by Gasteiger charge is 2.23. The first kappa shape index (κ1) is 22.4. The molecule has 1 aromatic carbocycles. The van der Waals surface area contributed by atoms with Crippen LogP contribution in [0.1, 0.15) is 49.1 Å². The molecule has 0 spiro atoms. The number of rotatable bonds is 6. The predicted octanol–water partition coefficient (Wildman–Crippen LogP) is 4.65. The van der Waals surface area contributed by atoms with E-state index in [1.807, 2.05) is 25.1 Å². The van der Waals surface area contributed by atoms with Crippen LogP contribution in [0.5, 0.6) is 0 Å². The van der Waals surface area contributed by atoms with Gasteiger partial charge in [-0.1, -0.05) is 23.7 Å². The monoisotopic (exact) mass is 496 g/mol. The van der Waals surface area contributed by atoms with E-state index in [0.29, 0.717) is 26.8 Å². The molecule has 3 aromatic heterocycles. The van der Waals surface area contributed by atoms with Gasteiger partial charge in [0.2, 0.25) is 5.78 Å². The van der Waals surface area contributed by atoms with Crippen molar-refractivity contribution in [3.8, 4) is 5.69 Å². The molecule has 0 bridgehead atoms. The van der Waals surface area contributed by atoms with Gasteiger partial charge in [0.05, 0.1) is 16.4 Å². The first-order valence-electron chi connectivity index (χ1n) is 10.8. The van der Waals surface area contributed by atoms with Gasteiger partial charge in [-0.25, -0.2) is 9.48 Å². The summed E-state index contributed by atoms with van der Waals surface area (Å²) in [7, 11) is 0. The molecule has 1 N–H and O–H groups in total. The van der Waals surface area contributed by atoms with Crippen molar-refractivity contribution in [1.82, 2.24) is 19.7 Å². The zero-order chi connectivity index (χ0) is 23.8. The molecule has 1 fully saturated rings. The number of thiophene rings is 1. The zero-order valence-electron chi connectivity index (χ0n) is 18.3. The Morgan fingerprint density at radius 1 is 1.18 bits per heavy atom. The molecule has 8 nitrogen and oxygen atoms in total. The van der Waals surface area contributed by atoms with E-state index in [1.54, 1.807) is 21.7 Å². The van der Waals surface area contributed by atoms with Crippen LogP contribution in [-0.2, 0) is 4.74 Å². The molecular weight excluding hydrogens is 476 g/mol. The summed E-state index contributed by atoms with van der Waals surface area (Å²) in [5.74, 6) is -1.10. The minimum Gasteiger partial charge on any atom is -0.453 e. The number of aryl methyl sites for hydroxylation is 1. The first-order valence-corrected chi connectivity index (χ1v) is 12.0. The Bertz CT molecular complexity index is 1410. The lowest BCUT2D eigenvalue weighted by atomic mass is 10.2. The number of hydrogen-bond donors (Lipinski definition) is 1. The van der Waals surface area contributed by atoms with Crippen LogP contribution in [0, 0.1) is 6.92 Å². The van der Waals surface area contributed by atoms with Crippen molar-refractivity contribution < 1.29 is 19.1 Å². The number of carbonyl (C=O) groups is 3. The number of likely N-dealkylation sites (tertiary alicyclic amines) is 1. The Hall–Kier alpha value is -3.43. The number of esters is 1. The number of carbonyl (C=O) groups excluding carboxylic acids is 3. The number of Topliss-reactive ketones (excluding diaryl/α,β-unsaturated/α-hetero) is 1. The van der Waals surface area contributed by atoms with Crippen molar-refractivity contribution in [2.75, 3.05) is 19.7 Å². The number of nitrogens with one attached hydrogen (secondary N) is 1. The van der Waals surface area contributed by atoms with E-state index in [9.17, 15) is 14.4 Å². The minimum absolute atomic E-state index is 0.123. The van der Waals surface area contributed by atoms with Crippen LogP contribution in [-0.4, -0.2) is 57.0 Å². The molecule has 1 saturated heterocycles. The third-order valence-electron chi connectivity index (χ3n) is 5.79. The Labute approximate surface area is 204 Å². The fourth-order valence-corrected chi connectivity index (χ4v) is 5.27. The molecule has 4 aromatic rings. The molecule has 1 amide bonds. The number of ketones is 1. The van der Waals surface area contributed by atoms with Gasteiger partial charge in [0.15, 0.2) is 6.61 Å². The second-order valence-electron chi connectivity index (χ2n) is 8.08. The number of nitrogens with zero attached hydrogens (tertiary/aromatic N) is 3. The van der Waals surface area contributed by atoms with Crippen LogP contribution >= 0.6 is 22.9 Å². The van der Waals surface area contributed by atoms with Gasteiger partial charge in [-0.15, -0.1) is 11.3 Å². The molecule has 5 rings (SSSR count). The van der Waals surface area contributed by atoms with Crippen molar-refractivity contribution in [3.63, 3.8) is 0 Å². The highest BCUT2D eigenvalue weighted by atomic mass is 35.5. The topological polar surface area (TPSA) is 97.3 Å². The molecular formula is C24H21ClN4O4S. The van der Waals surface area contributed by atoms with E-state index >= 15 is 0 Å². The Morgan fingerprint density at radius 3 is 2.71 bits per heavy atom. The summed E-state index contributed by atoms with van der Waals surface area (Å²) in [5.41, 5.74) is 2.13. The van der Waals surface area contributed by atoms with Gasteiger partial charge in [0.1, 0.15) is 15.4 Å². The second kappa shape index (κ2) is 9.08. The average Bonchev–Trinajstić information content (AvgIpc) is 3.63. The number of aromatic amines is 1. The number of fused-ring (bicyclic) bond motifs is 1. The fraction of sp³-hybridized carbons (Fsp3) is 0.250. The van der Waals surface area contributed by atoms with E-state index in [-0.39, 0.29) is 11.7 Å². The Morgan fingerprint density at radius 2 is 1.94 bits per heavy atom. The predicted molar refractivity (Wildman–Crippen MR) is 129 cm³/mol. The molecule has 34 heavy (non-hydrogen) atoms. The molecule has 1 aliphatic heterocycles. The van der Waals surface area contributed by atoms with Gasteiger partial charge in [-0.05, 0) is 44.0 Å². The summed E-state index contributed by atoms with van der Waals surface area (Å²) in [6, 6.07) is 10.6. The van der Waals surface area contributed by atoms with Crippen LogP contribution in [0.4, 0.5) is 0 Å². The van der Waals surface area contributed by atoms with Crippen LogP contribution in [0.3, 0.4) is 0 Å². The maximum atomic E-state index is 12.7. The molecule has 0 saturated carbocycles. The normalized spacial score (nSPS) is 13.5. The van der Waals surface area contributed by atoms with E-state index in [2.05, 4.69) is 10.1 Å². The van der Waals surface area contributed by atoms with Crippen molar-refractivity contribution in [2.45, 2.75) is 19.8 Å². The van der Waals surface area contributed by atoms with Crippen molar-refractivity contribution in [3.05, 3.63) is 69.4 Å². The van der Waals surface area contributed by atoms with Gasteiger partial charge >= 0.3 is 5.97 Å². The third kappa shape index (κ3) is 4.12. The number of ether oxygens (including phenoxy) is 1. The van der Waals surface area contributed by atoms with Gasteiger partial charge in [0, 0.05) is 30.2 Å². The summed E-state index contributed by atoms with van der Waals surface area (Å²) in [4.78, 5) is 43.4. The molecule has 0 unspecified atom stereocenters. The number of aromatic nitrogens is 3. The molecule has 10 heteroatoms. The molecule has 4 heterocycles. The number of halogens is 1. The summed E-state index contributed by atoms with van der Waals surface area (Å²) >= 11 is 7.55. The smallest absolute Gasteiger partial charge is 0.348 e. The standard InChI is InChI=1S/C24H21ClN4O4S/c1-14-16-11-21(34-23(16)29(27-14)19-7-3-2-6-17(19)25)24(32)33-13-20(30)15-10-18(26-12-15)22(31)28-8-4-5-9-28/h2-3,6-7,10-12,26H,4-5,8-9,13H2,1H3. The summed E-state index contributed by atoms with van der Waals surface area (Å²) in [5, 5.41) is 5.91. The molecule has 1 aliphatic rings. The van der Waals surface area contributed by atoms with Crippen LogP contribution in [0.25, 0.3) is 15.9 Å². The number of H-pyrrole nitrogens is 1. The van der Waals surface area contributed by atoms with E-state index in [0.717, 1.165) is 41.8 Å². The Balaban J connectivity index is 1.28. The maximum Gasteiger partial charge on any atom is 0.348 e. The summed E-state index contributed by atoms with van der Waals surface area (Å²) in [6.45, 7) is 2.88. The summed E-state index contributed by atoms with van der Waals surface area (Å²) in [6.07, 6.45) is 3.45. The highest BCUT2D eigenvalue weighted by molar-refractivity contribution is 7.20. The van der Waals surface area contributed by atoms with Gasteiger partial charge < -0.3 is 14.6 Å². The number of hydrogen-bond acceptors (Lipinski definition) is 6. The lowest BCUT2D eigenvalue weighted by molar-refractivity contribution is 0.0479. The maximum absolute atomic E-state index is 12.7. The second-order valence-corrected chi connectivity index (χ2v) is 9.52. The van der Waals surface area contributed by atoms with Crippen molar-refractivity contribution in [1.29, 1.82) is 0 Å². The van der Waals surface area contributed by atoms with E-state index in [4.69, 9.17) is 16.3 Å². The molecule has 174 valence electrons. The molecule has 0 atom stereocenters. The lowest BCUT2D eigenvalue weighted by Crippen LogP contribution is -2.27. The molecule has 0 radical (unpaired) electrons. The Kier molecular flexibility index (Phi) is 5.97. The van der Waals surface area contributed by atoms with Gasteiger partial charge in [0.25, 0.3) is 5.91 Å². The first-order chi connectivity index (χ1) is 16.4. The largest absolute Gasteiger partial charge is 0.453 e. The minimum atomic E-state index is -0.594. The van der Waals surface area contributed by atoms with E-state index < -0.39 is 12.6 Å². The molecule has 0 aliphatic carbocycles.